The molecule has 0 atom stereocenters. The number of ether oxygens (including phenoxy) is 1. The van der Waals surface area contributed by atoms with Gasteiger partial charge in [0.05, 0.1) is 12.3 Å². The number of carbonyl (C=O) groups excluding carboxylic acids is 1. The van der Waals surface area contributed by atoms with E-state index in [0.717, 1.165) is 24.2 Å². The molecule has 0 bridgehead atoms. The summed E-state index contributed by atoms with van der Waals surface area (Å²) in [4.78, 5) is 16.3. The minimum absolute atomic E-state index is 0.307. The number of rotatable bonds is 3. The molecule has 4 heteroatoms. The van der Waals surface area contributed by atoms with E-state index >= 15 is 0 Å². The van der Waals surface area contributed by atoms with Crippen LogP contribution in [-0.4, -0.2) is 22.0 Å². The summed E-state index contributed by atoms with van der Waals surface area (Å²) < 4.78 is 7.07. The number of aromatic nitrogens is 2. The average molecular weight is 230 g/mol. The lowest BCUT2D eigenvalue weighted by molar-refractivity contribution is 0.0519. The fraction of sp³-hybridized carbons (Fsp3) is 0.385. The number of fused-ring (bicyclic) bond motifs is 1. The van der Waals surface area contributed by atoms with Gasteiger partial charge in [-0.05, 0) is 31.9 Å². The van der Waals surface area contributed by atoms with Crippen LogP contribution < -0.4 is 0 Å². The Kier molecular flexibility index (Phi) is 2.35. The first-order chi connectivity index (χ1) is 8.31. The molecule has 2 aromatic rings. The molecule has 88 valence electrons. The topological polar surface area (TPSA) is 43.6 Å². The second-order valence-corrected chi connectivity index (χ2v) is 4.27. The highest BCUT2D eigenvalue weighted by Gasteiger charge is 2.33. The van der Waals surface area contributed by atoms with E-state index in [1.807, 2.05) is 35.7 Å². The highest BCUT2D eigenvalue weighted by molar-refractivity contribution is 5.90. The Balaban J connectivity index is 2.15. The normalized spacial score (nSPS) is 15.1. The van der Waals surface area contributed by atoms with Crippen LogP contribution in [0.5, 0.6) is 0 Å². The van der Waals surface area contributed by atoms with Gasteiger partial charge in [-0.2, -0.15) is 0 Å². The van der Waals surface area contributed by atoms with Gasteiger partial charge >= 0.3 is 5.97 Å². The molecule has 0 N–H and O–H groups in total. The average Bonchev–Trinajstić information content (AvgIpc) is 3.09. The third kappa shape index (κ3) is 1.69. The number of hydrogen-bond acceptors (Lipinski definition) is 3. The largest absolute Gasteiger partial charge is 0.461 e. The van der Waals surface area contributed by atoms with Crippen molar-refractivity contribution < 1.29 is 9.53 Å². The molecule has 0 unspecified atom stereocenters. The summed E-state index contributed by atoms with van der Waals surface area (Å²) in [5.74, 6) is 0.157. The molecule has 17 heavy (non-hydrogen) atoms. The molecule has 2 aromatic heterocycles. The number of pyridine rings is 1. The van der Waals surface area contributed by atoms with Crippen LogP contribution >= 0.6 is 0 Å². The fourth-order valence-corrected chi connectivity index (χ4v) is 2.11. The van der Waals surface area contributed by atoms with Crippen molar-refractivity contribution in [3.63, 3.8) is 0 Å². The molecule has 0 aliphatic heterocycles. The Morgan fingerprint density at radius 3 is 3.06 bits per heavy atom. The highest BCUT2D eigenvalue weighted by Crippen LogP contribution is 2.42. The first-order valence-electron chi connectivity index (χ1n) is 5.95. The molecular formula is C13H14N2O2. The van der Waals surface area contributed by atoms with E-state index in [-0.39, 0.29) is 5.97 Å². The van der Waals surface area contributed by atoms with Gasteiger partial charge < -0.3 is 9.14 Å². The Hall–Kier alpha value is -1.84. The van der Waals surface area contributed by atoms with Crippen molar-refractivity contribution in [1.82, 2.24) is 9.38 Å². The van der Waals surface area contributed by atoms with Gasteiger partial charge in [0.2, 0.25) is 0 Å². The summed E-state index contributed by atoms with van der Waals surface area (Å²) in [6.45, 7) is 2.20. The van der Waals surface area contributed by atoms with Crippen LogP contribution in [0.2, 0.25) is 0 Å². The van der Waals surface area contributed by atoms with Crippen LogP contribution in [0.15, 0.2) is 24.4 Å². The Labute approximate surface area is 99.2 Å². The van der Waals surface area contributed by atoms with Gasteiger partial charge in [0.25, 0.3) is 0 Å². The molecule has 0 radical (unpaired) electrons. The molecule has 3 rings (SSSR count). The molecule has 0 saturated heterocycles. The van der Waals surface area contributed by atoms with Crippen molar-refractivity contribution in [1.29, 1.82) is 0 Å². The van der Waals surface area contributed by atoms with E-state index in [0.29, 0.717) is 18.2 Å². The van der Waals surface area contributed by atoms with E-state index in [4.69, 9.17) is 4.74 Å². The van der Waals surface area contributed by atoms with E-state index in [9.17, 15) is 4.79 Å². The molecule has 0 spiro atoms. The fourth-order valence-electron chi connectivity index (χ4n) is 2.11. The Bertz CT molecular complexity index is 570. The van der Waals surface area contributed by atoms with E-state index in [2.05, 4.69) is 4.98 Å². The summed E-state index contributed by atoms with van der Waals surface area (Å²) in [6, 6.07) is 5.79. The first-order valence-corrected chi connectivity index (χ1v) is 5.95. The zero-order valence-electron chi connectivity index (χ0n) is 9.72. The number of nitrogens with zero attached hydrogens (tertiary/aromatic N) is 2. The summed E-state index contributed by atoms with van der Waals surface area (Å²) in [5.41, 5.74) is 2.32. The number of hydrogen-bond donors (Lipinski definition) is 0. The van der Waals surface area contributed by atoms with E-state index < -0.39 is 0 Å². The minimum Gasteiger partial charge on any atom is -0.461 e. The highest BCUT2D eigenvalue weighted by atomic mass is 16.5. The van der Waals surface area contributed by atoms with Gasteiger partial charge in [0, 0.05) is 12.1 Å². The first kappa shape index (κ1) is 10.3. The van der Waals surface area contributed by atoms with Gasteiger partial charge in [-0.1, -0.05) is 6.07 Å². The lowest BCUT2D eigenvalue weighted by Gasteiger charge is -2.02. The van der Waals surface area contributed by atoms with Crippen molar-refractivity contribution >= 4 is 11.6 Å². The molecule has 1 aliphatic carbocycles. The Morgan fingerprint density at radius 2 is 2.35 bits per heavy atom. The molecular weight excluding hydrogens is 216 g/mol. The van der Waals surface area contributed by atoms with Crippen LogP contribution in [0.4, 0.5) is 0 Å². The summed E-state index contributed by atoms with van der Waals surface area (Å²) in [7, 11) is 0. The maximum atomic E-state index is 11.9. The zero-order chi connectivity index (χ0) is 11.8. The molecule has 2 heterocycles. The SMILES string of the molecule is CCOC(=O)c1nc2ccccn2c1C1CC1. The monoisotopic (exact) mass is 230 g/mol. The van der Waals surface area contributed by atoms with Crippen molar-refractivity contribution in [2.45, 2.75) is 25.7 Å². The maximum Gasteiger partial charge on any atom is 0.358 e. The van der Waals surface area contributed by atoms with E-state index in [1.54, 1.807) is 0 Å². The molecule has 1 fully saturated rings. The van der Waals surface area contributed by atoms with Gasteiger partial charge in [0.1, 0.15) is 5.65 Å². The number of esters is 1. The van der Waals surface area contributed by atoms with Crippen LogP contribution in [-0.2, 0) is 4.74 Å². The van der Waals surface area contributed by atoms with Crippen LogP contribution in [0.1, 0.15) is 41.9 Å². The summed E-state index contributed by atoms with van der Waals surface area (Å²) in [6.07, 6.45) is 4.23. The van der Waals surface area contributed by atoms with Gasteiger partial charge in [-0.3, -0.25) is 0 Å². The van der Waals surface area contributed by atoms with Crippen molar-refractivity contribution in [3.8, 4) is 0 Å². The molecule has 1 aliphatic rings. The molecule has 0 amide bonds. The van der Waals surface area contributed by atoms with Crippen LogP contribution in [0.3, 0.4) is 0 Å². The number of imidazole rings is 1. The van der Waals surface area contributed by atoms with Gasteiger partial charge in [-0.25, -0.2) is 9.78 Å². The second kappa shape index (κ2) is 3.87. The third-order valence-electron chi connectivity index (χ3n) is 3.00. The van der Waals surface area contributed by atoms with Crippen molar-refractivity contribution in [2.75, 3.05) is 6.61 Å². The quantitative estimate of drug-likeness (QED) is 0.760. The maximum absolute atomic E-state index is 11.9. The molecule has 0 aromatic carbocycles. The second-order valence-electron chi connectivity index (χ2n) is 4.27. The zero-order valence-corrected chi connectivity index (χ0v) is 9.72. The predicted octanol–water partition coefficient (Wildman–Crippen LogP) is 2.39. The van der Waals surface area contributed by atoms with Crippen LogP contribution in [0, 0.1) is 0 Å². The third-order valence-corrected chi connectivity index (χ3v) is 3.00. The predicted molar refractivity (Wildman–Crippen MR) is 63.1 cm³/mol. The Morgan fingerprint density at radius 1 is 1.53 bits per heavy atom. The van der Waals surface area contributed by atoms with E-state index in [1.165, 1.54) is 0 Å². The van der Waals surface area contributed by atoms with Crippen molar-refractivity contribution in [3.05, 3.63) is 35.8 Å². The summed E-state index contributed by atoms with van der Waals surface area (Å²) in [5, 5.41) is 0. The molecule has 4 nitrogen and oxygen atoms in total. The van der Waals surface area contributed by atoms with Gasteiger partial charge in [-0.15, -0.1) is 0 Å². The van der Waals surface area contributed by atoms with Gasteiger partial charge in [0.15, 0.2) is 5.69 Å². The summed E-state index contributed by atoms with van der Waals surface area (Å²) >= 11 is 0. The van der Waals surface area contributed by atoms with Crippen molar-refractivity contribution in [2.24, 2.45) is 0 Å². The standard InChI is InChI=1S/C13H14N2O2/c1-2-17-13(16)11-12(9-6-7-9)15-8-4-3-5-10(15)14-11/h3-5,8-9H,2,6-7H2,1H3. The number of carbonyl (C=O) groups is 1. The lowest BCUT2D eigenvalue weighted by atomic mass is 10.2. The lowest BCUT2D eigenvalue weighted by Crippen LogP contribution is -2.08. The minimum atomic E-state index is -0.307. The smallest absolute Gasteiger partial charge is 0.358 e. The van der Waals surface area contributed by atoms with Crippen LogP contribution in [0.25, 0.3) is 5.65 Å². The molecule has 1 saturated carbocycles.